The van der Waals surface area contributed by atoms with E-state index >= 15 is 0 Å². The fourth-order valence-corrected chi connectivity index (χ4v) is 7.09. The molecule has 1 aliphatic carbocycles. The summed E-state index contributed by atoms with van der Waals surface area (Å²) in [6.45, 7) is 9.82. The number of carbonyl (C=O) groups excluding carboxylic acids is 1. The van der Waals surface area contributed by atoms with Gasteiger partial charge in [-0.15, -0.1) is 10.2 Å². The van der Waals surface area contributed by atoms with E-state index in [1.807, 2.05) is 43.6 Å². The maximum absolute atomic E-state index is 13.3. The molecule has 1 saturated heterocycles. The van der Waals surface area contributed by atoms with Gasteiger partial charge in [0, 0.05) is 10.6 Å². The van der Waals surface area contributed by atoms with Crippen molar-refractivity contribution in [3.8, 4) is 5.75 Å². The molecule has 6 rings (SSSR count). The molecule has 2 amide bonds. The lowest BCUT2D eigenvalue weighted by Gasteiger charge is -2.32. The van der Waals surface area contributed by atoms with Gasteiger partial charge in [-0.2, -0.15) is 0 Å². The first kappa shape index (κ1) is 30.4. The molecule has 0 unspecified atom stereocenters. The number of pyridine rings is 1. The normalized spacial score (nSPS) is 22.1. The van der Waals surface area contributed by atoms with Crippen LogP contribution in [0.25, 0.3) is 5.65 Å². The summed E-state index contributed by atoms with van der Waals surface area (Å²) in [5.74, 6) is 1.72. The number of nitrogens with one attached hydrogen (secondary N) is 3. The Kier molecular flexibility index (Phi) is 8.34. The Morgan fingerprint density at radius 2 is 1.86 bits per heavy atom. The van der Waals surface area contributed by atoms with Crippen LogP contribution >= 0.6 is 11.9 Å². The minimum Gasteiger partial charge on any atom is -0.484 e. The summed E-state index contributed by atoms with van der Waals surface area (Å²) in [6, 6.07) is 18.1. The van der Waals surface area contributed by atoms with Crippen LogP contribution < -0.4 is 20.1 Å². The standard InChI is InChI=1S/C34H43N7O2S/c1-33(2,3)22-18-23(20-25(19-22)44-35-5)36-32(42)37-28-13-14-29(27-11-8-7-10-26(27)28)43-24-12-15-30-38-39-31(41(30)21-24)34(4)16-9-17-40(34)6/h7-8,10-12,15,18-21,28-29,35H,9,13-14,16-17H2,1-6H3,(H2,36,37,42)/t28-,29+,34-/m0/s1. The number of rotatable bonds is 7. The van der Waals surface area contributed by atoms with Crippen molar-refractivity contribution < 1.29 is 9.53 Å². The molecule has 3 atom stereocenters. The van der Waals surface area contributed by atoms with Gasteiger partial charge in [0.2, 0.25) is 0 Å². The number of fused-ring (bicyclic) bond motifs is 2. The number of nitrogens with zero attached hydrogens (tertiary/aromatic N) is 4. The van der Waals surface area contributed by atoms with Crippen molar-refractivity contribution in [3.63, 3.8) is 0 Å². The molecule has 2 aliphatic rings. The fourth-order valence-electron chi connectivity index (χ4n) is 6.48. The monoisotopic (exact) mass is 613 g/mol. The highest BCUT2D eigenvalue weighted by Gasteiger charge is 2.40. The Morgan fingerprint density at radius 1 is 1.07 bits per heavy atom. The van der Waals surface area contributed by atoms with E-state index in [0.29, 0.717) is 0 Å². The Balaban J connectivity index is 1.19. The van der Waals surface area contributed by atoms with E-state index in [1.54, 1.807) is 0 Å². The zero-order chi connectivity index (χ0) is 31.1. The molecule has 0 spiro atoms. The third kappa shape index (κ3) is 6.03. The number of hydrogen-bond donors (Lipinski definition) is 3. The number of hydrogen-bond acceptors (Lipinski definition) is 7. The van der Waals surface area contributed by atoms with Gasteiger partial charge >= 0.3 is 6.03 Å². The van der Waals surface area contributed by atoms with E-state index in [0.717, 1.165) is 76.7 Å². The van der Waals surface area contributed by atoms with Gasteiger partial charge in [-0.05, 0) is 118 Å². The van der Waals surface area contributed by atoms with Crippen LogP contribution in [-0.2, 0) is 11.0 Å². The second kappa shape index (κ2) is 12.1. The smallest absolute Gasteiger partial charge is 0.319 e. The molecular formula is C34H43N7O2S. The van der Waals surface area contributed by atoms with Gasteiger partial charge in [-0.3, -0.25) is 14.0 Å². The Labute approximate surface area is 264 Å². The predicted molar refractivity (Wildman–Crippen MR) is 176 cm³/mol. The SMILES string of the molecule is CNSc1cc(NC(=O)N[C@H]2CC[C@@H](Oc3ccc4nnc([C@]5(C)CCCN5C)n4c3)c3ccccc32)cc(C(C)(C)C)c1. The van der Waals surface area contributed by atoms with Crippen LogP contribution in [-0.4, -0.2) is 46.2 Å². The van der Waals surface area contributed by atoms with Gasteiger partial charge in [-0.25, -0.2) is 4.79 Å². The van der Waals surface area contributed by atoms with Crippen LogP contribution in [0.1, 0.15) is 88.0 Å². The molecule has 232 valence electrons. The number of ether oxygens (including phenoxy) is 1. The van der Waals surface area contributed by atoms with Crippen molar-refractivity contribution in [3.05, 3.63) is 83.3 Å². The summed E-state index contributed by atoms with van der Waals surface area (Å²) in [7, 11) is 4.05. The van der Waals surface area contributed by atoms with E-state index in [9.17, 15) is 4.79 Å². The fraction of sp³-hybridized carbons (Fsp3) is 0.441. The summed E-state index contributed by atoms with van der Waals surface area (Å²) < 4.78 is 11.9. The molecule has 0 saturated carbocycles. The Morgan fingerprint density at radius 3 is 2.59 bits per heavy atom. The molecule has 3 N–H and O–H groups in total. The first-order chi connectivity index (χ1) is 21.0. The minimum absolute atomic E-state index is 0.0418. The minimum atomic E-state index is -0.216. The first-order valence-corrected chi connectivity index (χ1v) is 16.3. The predicted octanol–water partition coefficient (Wildman–Crippen LogP) is 6.97. The van der Waals surface area contributed by atoms with Gasteiger partial charge in [-0.1, -0.05) is 45.0 Å². The van der Waals surface area contributed by atoms with Gasteiger partial charge in [0.05, 0.1) is 17.8 Å². The van der Waals surface area contributed by atoms with E-state index in [-0.39, 0.29) is 29.1 Å². The molecular weight excluding hydrogens is 570 g/mol. The lowest BCUT2D eigenvalue weighted by molar-refractivity contribution is 0.170. The number of likely N-dealkylation sites (tertiary alicyclic amines) is 1. The second-order valence-corrected chi connectivity index (χ2v) is 14.3. The molecule has 1 aliphatic heterocycles. The molecule has 2 aromatic carbocycles. The first-order valence-electron chi connectivity index (χ1n) is 15.4. The summed E-state index contributed by atoms with van der Waals surface area (Å²) in [4.78, 5) is 16.7. The van der Waals surface area contributed by atoms with Crippen molar-refractivity contribution in [1.29, 1.82) is 0 Å². The Hall–Kier alpha value is -3.60. The topological polar surface area (TPSA) is 95.8 Å². The van der Waals surface area contributed by atoms with Crippen molar-refractivity contribution in [2.24, 2.45) is 0 Å². The number of aromatic nitrogens is 3. The molecule has 1 fully saturated rings. The van der Waals surface area contributed by atoms with E-state index < -0.39 is 0 Å². The van der Waals surface area contributed by atoms with E-state index in [1.165, 1.54) is 11.9 Å². The molecule has 44 heavy (non-hydrogen) atoms. The van der Waals surface area contributed by atoms with Crippen LogP contribution in [0.2, 0.25) is 0 Å². The Bertz CT molecular complexity index is 1670. The van der Waals surface area contributed by atoms with Crippen LogP contribution in [0.4, 0.5) is 10.5 Å². The van der Waals surface area contributed by atoms with Crippen molar-refractivity contribution in [2.75, 3.05) is 26.0 Å². The maximum atomic E-state index is 13.3. The van der Waals surface area contributed by atoms with Crippen LogP contribution in [0, 0.1) is 0 Å². The van der Waals surface area contributed by atoms with Gasteiger partial charge in [0.1, 0.15) is 11.9 Å². The lowest BCUT2D eigenvalue weighted by atomic mass is 9.85. The quantitative estimate of drug-likeness (QED) is 0.194. The lowest BCUT2D eigenvalue weighted by Crippen LogP contribution is -2.37. The van der Waals surface area contributed by atoms with E-state index in [4.69, 9.17) is 4.74 Å². The number of carbonyl (C=O) groups is 1. The third-order valence-electron chi connectivity index (χ3n) is 9.13. The largest absolute Gasteiger partial charge is 0.484 e. The van der Waals surface area contributed by atoms with Gasteiger partial charge in [0.15, 0.2) is 11.5 Å². The third-order valence-corrected chi connectivity index (χ3v) is 9.80. The molecule has 0 bridgehead atoms. The highest BCUT2D eigenvalue weighted by atomic mass is 32.2. The highest BCUT2D eigenvalue weighted by molar-refractivity contribution is 7.97. The van der Waals surface area contributed by atoms with Crippen molar-refractivity contribution in [1.82, 2.24) is 29.5 Å². The zero-order valence-electron chi connectivity index (χ0n) is 26.5. The van der Waals surface area contributed by atoms with Crippen molar-refractivity contribution in [2.45, 2.75) is 81.4 Å². The van der Waals surface area contributed by atoms with Crippen molar-refractivity contribution >= 4 is 29.3 Å². The summed E-state index contributed by atoms with van der Waals surface area (Å²) in [6.07, 6.45) is 5.63. The highest BCUT2D eigenvalue weighted by Crippen LogP contribution is 2.40. The summed E-state index contributed by atoms with van der Waals surface area (Å²) in [5.41, 5.74) is 4.74. The average Bonchev–Trinajstić information content (AvgIpc) is 3.57. The van der Waals surface area contributed by atoms with Crippen LogP contribution in [0.3, 0.4) is 0 Å². The molecule has 9 nitrogen and oxygen atoms in total. The number of benzene rings is 2. The number of anilines is 1. The zero-order valence-corrected chi connectivity index (χ0v) is 27.3. The average molecular weight is 614 g/mol. The molecule has 0 radical (unpaired) electrons. The number of urea groups is 1. The number of amides is 2. The molecule has 3 heterocycles. The van der Waals surface area contributed by atoms with Gasteiger partial charge < -0.3 is 15.4 Å². The summed E-state index contributed by atoms with van der Waals surface area (Å²) in [5, 5.41) is 15.4. The maximum Gasteiger partial charge on any atom is 0.319 e. The molecule has 10 heteroatoms. The second-order valence-electron chi connectivity index (χ2n) is 13.2. The van der Waals surface area contributed by atoms with Crippen LogP contribution in [0.5, 0.6) is 5.75 Å². The molecule has 4 aromatic rings. The van der Waals surface area contributed by atoms with E-state index in [2.05, 4.69) is 93.9 Å². The van der Waals surface area contributed by atoms with Gasteiger partial charge in [0.25, 0.3) is 0 Å². The van der Waals surface area contributed by atoms with Crippen LogP contribution in [0.15, 0.2) is 65.7 Å². The molecule has 2 aromatic heterocycles. The summed E-state index contributed by atoms with van der Waals surface area (Å²) >= 11 is 1.54.